The molecule has 5 nitrogen and oxygen atoms in total. The van der Waals surface area contributed by atoms with Gasteiger partial charge in [-0.15, -0.1) is 0 Å². The largest absolute Gasteiger partial charge is 0.394 e. The van der Waals surface area contributed by atoms with E-state index in [4.69, 9.17) is 0 Å². The lowest BCUT2D eigenvalue weighted by Gasteiger charge is -2.22. The number of halogens is 1. The molecule has 6 heteroatoms. The van der Waals surface area contributed by atoms with Crippen LogP contribution in [0, 0.1) is 0 Å². The minimum atomic E-state index is -1.08. The molecule has 1 fully saturated rings. The lowest BCUT2D eigenvalue weighted by atomic mass is 10.1. The van der Waals surface area contributed by atoms with Gasteiger partial charge in [0.1, 0.15) is 6.17 Å². The average molecular weight is 275 g/mol. The fraction of sp³-hybridized carbons (Fsp3) is 0.357. The first-order valence-corrected chi connectivity index (χ1v) is 6.44. The molecule has 0 bridgehead atoms. The van der Waals surface area contributed by atoms with Crippen molar-refractivity contribution in [2.45, 2.75) is 18.6 Å². The first kappa shape index (κ1) is 12.9. The highest BCUT2D eigenvalue weighted by Crippen LogP contribution is 2.23. The van der Waals surface area contributed by atoms with Crippen LogP contribution in [0.3, 0.4) is 0 Å². The number of aromatic nitrogens is 2. The van der Waals surface area contributed by atoms with Crippen molar-refractivity contribution in [1.82, 2.24) is 14.9 Å². The van der Waals surface area contributed by atoms with Crippen LogP contribution >= 0.6 is 0 Å². The van der Waals surface area contributed by atoms with Crippen molar-refractivity contribution in [2.24, 2.45) is 0 Å². The van der Waals surface area contributed by atoms with Crippen LogP contribution < -0.4 is 0 Å². The third-order valence-corrected chi connectivity index (χ3v) is 3.57. The normalized spacial score (nSPS) is 22.4. The minimum Gasteiger partial charge on any atom is -0.394 e. The second-order valence-corrected chi connectivity index (χ2v) is 4.92. The molecule has 0 aliphatic carbocycles. The first-order chi connectivity index (χ1) is 9.69. The summed E-state index contributed by atoms with van der Waals surface area (Å²) in [5, 5.41) is 10.0. The molecule has 20 heavy (non-hydrogen) atoms. The third-order valence-electron chi connectivity index (χ3n) is 3.57. The molecule has 1 amide bonds. The molecular formula is C14H14FN3O2. The molecule has 1 aliphatic rings. The average Bonchev–Trinajstić information content (AvgIpc) is 2.87. The molecule has 0 radical (unpaired) electrons. The van der Waals surface area contributed by atoms with E-state index in [1.54, 1.807) is 24.5 Å². The van der Waals surface area contributed by atoms with Gasteiger partial charge in [0.2, 0.25) is 0 Å². The zero-order chi connectivity index (χ0) is 14.1. The predicted octanol–water partition coefficient (Wildman–Crippen LogP) is 1.17. The number of alkyl halides is 1. The molecule has 0 saturated carbocycles. The summed E-state index contributed by atoms with van der Waals surface area (Å²) in [6.45, 7) is -0.199. The second-order valence-electron chi connectivity index (χ2n) is 4.92. The van der Waals surface area contributed by atoms with Crippen molar-refractivity contribution in [1.29, 1.82) is 0 Å². The molecule has 1 saturated heterocycles. The highest BCUT2D eigenvalue weighted by atomic mass is 19.1. The minimum absolute atomic E-state index is 0.0262. The van der Waals surface area contributed by atoms with E-state index >= 15 is 0 Å². The number of fused-ring (bicyclic) bond motifs is 1. The molecule has 3 heterocycles. The summed E-state index contributed by atoms with van der Waals surface area (Å²) >= 11 is 0. The fourth-order valence-electron chi connectivity index (χ4n) is 2.53. The van der Waals surface area contributed by atoms with Gasteiger partial charge in [-0.1, -0.05) is 0 Å². The van der Waals surface area contributed by atoms with E-state index in [0.29, 0.717) is 11.1 Å². The molecule has 3 rings (SSSR count). The topological polar surface area (TPSA) is 66.3 Å². The fourth-order valence-corrected chi connectivity index (χ4v) is 2.53. The Kier molecular flexibility index (Phi) is 3.31. The van der Waals surface area contributed by atoms with Crippen molar-refractivity contribution in [3.8, 4) is 0 Å². The molecule has 2 unspecified atom stereocenters. The van der Waals surface area contributed by atoms with E-state index in [1.807, 2.05) is 0 Å². The number of carbonyl (C=O) groups is 1. The van der Waals surface area contributed by atoms with Crippen LogP contribution in [-0.4, -0.2) is 51.2 Å². The molecular weight excluding hydrogens is 261 g/mol. The number of hydrogen-bond acceptors (Lipinski definition) is 4. The van der Waals surface area contributed by atoms with Crippen molar-refractivity contribution in [3.63, 3.8) is 0 Å². The standard InChI is InChI=1S/C14H14FN3O2/c15-11-4-12(8-19)18(7-11)14(20)10-3-9-1-2-16-6-13(9)17-5-10/h1-3,5-6,11-12,19H,4,7-8H2. The van der Waals surface area contributed by atoms with Gasteiger partial charge in [0.25, 0.3) is 5.91 Å². The maximum atomic E-state index is 13.4. The zero-order valence-corrected chi connectivity index (χ0v) is 10.7. The van der Waals surface area contributed by atoms with E-state index in [9.17, 15) is 14.3 Å². The lowest BCUT2D eigenvalue weighted by molar-refractivity contribution is 0.0672. The number of nitrogens with zero attached hydrogens (tertiary/aromatic N) is 3. The van der Waals surface area contributed by atoms with Crippen molar-refractivity contribution >= 4 is 16.8 Å². The summed E-state index contributed by atoms with van der Waals surface area (Å²) in [5.41, 5.74) is 1.10. The number of rotatable bonds is 2. The Hall–Kier alpha value is -2.08. The van der Waals surface area contributed by atoms with Gasteiger partial charge < -0.3 is 10.0 Å². The molecule has 1 N–H and O–H groups in total. The van der Waals surface area contributed by atoms with Crippen molar-refractivity contribution in [3.05, 3.63) is 36.3 Å². The maximum absolute atomic E-state index is 13.4. The quantitative estimate of drug-likeness (QED) is 0.893. The number of carbonyl (C=O) groups excluding carboxylic acids is 1. The van der Waals surface area contributed by atoms with Crippen LogP contribution in [0.1, 0.15) is 16.8 Å². The monoisotopic (exact) mass is 275 g/mol. The first-order valence-electron chi connectivity index (χ1n) is 6.44. The van der Waals surface area contributed by atoms with Gasteiger partial charge in [-0.2, -0.15) is 0 Å². The number of hydrogen-bond donors (Lipinski definition) is 1. The maximum Gasteiger partial charge on any atom is 0.255 e. The Labute approximate surface area is 115 Å². The Bertz CT molecular complexity index is 649. The van der Waals surface area contributed by atoms with E-state index in [2.05, 4.69) is 9.97 Å². The summed E-state index contributed by atoms with van der Waals surface area (Å²) in [4.78, 5) is 21.9. The van der Waals surface area contributed by atoms with Crippen LogP contribution in [-0.2, 0) is 0 Å². The number of pyridine rings is 2. The van der Waals surface area contributed by atoms with E-state index in [-0.39, 0.29) is 25.5 Å². The van der Waals surface area contributed by atoms with Gasteiger partial charge >= 0.3 is 0 Å². The van der Waals surface area contributed by atoms with E-state index in [1.165, 1.54) is 11.1 Å². The van der Waals surface area contributed by atoms with Crippen LogP contribution in [0.2, 0.25) is 0 Å². The predicted molar refractivity (Wildman–Crippen MR) is 71.0 cm³/mol. The van der Waals surface area contributed by atoms with Gasteiger partial charge in [0.05, 0.1) is 36.5 Å². The second kappa shape index (κ2) is 5.13. The number of aliphatic hydroxyl groups excluding tert-OH is 1. The van der Waals surface area contributed by atoms with Gasteiger partial charge in [0, 0.05) is 24.2 Å². The third kappa shape index (κ3) is 2.22. The molecule has 1 aliphatic heterocycles. The van der Waals surface area contributed by atoms with Gasteiger partial charge in [-0.3, -0.25) is 14.8 Å². The van der Waals surface area contributed by atoms with Crippen LogP contribution in [0.15, 0.2) is 30.7 Å². The molecule has 2 aromatic rings. The SMILES string of the molecule is O=C(c1cnc2cnccc2c1)N1CC(F)CC1CO. The van der Waals surface area contributed by atoms with Gasteiger partial charge in [-0.05, 0) is 12.1 Å². The van der Waals surface area contributed by atoms with Crippen LogP contribution in [0.25, 0.3) is 10.9 Å². The van der Waals surface area contributed by atoms with Gasteiger partial charge in [0.15, 0.2) is 0 Å². The van der Waals surface area contributed by atoms with E-state index < -0.39 is 12.2 Å². The Morgan fingerprint density at radius 2 is 2.35 bits per heavy atom. The molecule has 0 spiro atoms. The summed E-state index contributed by atoms with van der Waals surface area (Å²) in [6, 6.07) is 3.03. The number of aliphatic hydroxyl groups is 1. The Morgan fingerprint density at radius 3 is 3.15 bits per heavy atom. The smallest absolute Gasteiger partial charge is 0.255 e. The van der Waals surface area contributed by atoms with Gasteiger partial charge in [-0.25, -0.2) is 4.39 Å². The summed E-state index contributed by atoms with van der Waals surface area (Å²) < 4.78 is 13.4. The molecule has 2 atom stereocenters. The number of likely N-dealkylation sites (tertiary alicyclic amines) is 1. The van der Waals surface area contributed by atoms with Crippen molar-refractivity contribution in [2.75, 3.05) is 13.2 Å². The Morgan fingerprint density at radius 1 is 1.50 bits per heavy atom. The molecule has 0 aromatic carbocycles. The summed E-state index contributed by atoms with van der Waals surface area (Å²) in [5.74, 6) is -0.296. The van der Waals surface area contributed by atoms with Crippen LogP contribution in [0.4, 0.5) is 4.39 Å². The highest BCUT2D eigenvalue weighted by molar-refractivity contribution is 5.97. The molecule has 104 valence electrons. The Balaban J connectivity index is 1.92. The van der Waals surface area contributed by atoms with Crippen LogP contribution in [0.5, 0.6) is 0 Å². The summed E-state index contributed by atoms with van der Waals surface area (Å²) in [6.07, 6.45) is 3.82. The van der Waals surface area contributed by atoms with E-state index in [0.717, 1.165) is 5.39 Å². The highest BCUT2D eigenvalue weighted by Gasteiger charge is 2.35. The molecule has 2 aromatic heterocycles. The van der Waals surface area contributed by atoms with Crippen molar-refractivity contribution < 1.29 is 14.3 Å². The summed E-state index contributed by atoms with van der Waals surface area (Å²) in [7, 11) is 0. The number of amides is 1. The lowest BCUT2D eigenvalue weighted by Crippen LogP contribution is -2.37. The zero-order valence-electron chi connectivity index (χ0n) is 10.7.